The molecule has 0 bridgehead atoms. The molecule has 1 aromatic carbocycles. The van der Waals surface area contributed by atoms with Gasteiger partial charge in [-0.2, -0.15) is 0 Å². The summed E-state index contributed by atoms with van der Waals surface area (Å²) in [4.78, 5) is 1.42. The van der Waals surface area contributed by atoms with E-state index in [4.69, 9.17) is 4.74 Å². The van der Waals surface area contributed by atoms with Crippen molar-refractivity contribution in [2.24, 2.45) is 5.92 Å². The number of thiophene rings is 1. The van der Waals surface area contributed by atoms with Crippen molar-refractivity contribution in [3.8, 4) is 0 Å². The largest absolute Gasteiger partial charge is 0.377 e. The van der Waals surface area contributed by atoms with Crippen molar-refractivity contribution >= 4 is 17.0 Å². The van der Waals surface area contributed by atoms with Crippen LogP contribution in [-0.2, 0) is 4.74 Å². The SMILES string of the molecule is Cc1ccc2c(c1)C1OCCC1C(c1cccs1)N2. The molecule has 1 fully saturated rings. The molecule has 98 valence electrons. The quantitative estimate of drug-likeness (QED) is 0.835. The summed E-state index contributed by atoms with van der Waals surface area (Å²) in [5.74, 6) is 0.563. The van der Waals surface area contributed by atoms with Crippen LogP contribution in [0.25, 0.3) is 0 Å². The molecule has 0 spiro atoms. The Kier molecular flexibility index (Phi) is 2.64. The van der Waals surface area contributed by atoms with Gasteiger partial charge in [-0.15, -0.1) is 11.3 Å². The van der Waals surface area contributed by atoms with E-state index in [0.717, 1.165) is 13.0 Å². The minimum atomic E-state index is 0.267. The summed E-state index contributed by atoms with van der Waals surface area (Å²) in [5.41, 5.74) is 3.90. The van der Waals surface area contributed by atoms with E-state index < -0.39 is 0 Å². The van der Waals surface area contributed by atoms with Crippen molar-refractivity contribution < 1.29 is 4.74 Å². The Morgan fingerprint density at radius 2 is 2.26 bits per heavy atom. The van der Waals surface area contributed by atoms with Crippen LogP contribution in [0.3, 0.4) is 0 Å². The second-order valence-electron chi connectivity index (χ2n) is 5.47. The van der Waals surface area contributed by atoms with E-state index in [-0.39, 0.29) is 6.10 Å². The molecule has 0 amide bonds. The molecule has 4 rings (SSSR count). The summed E-state index contributed by atoms with van der Waals surface area (Å²) in [5, 5.41) is 5.89. The van der Waals surface area contributed by atoms with Gasteiger partial charge in [0, 0.05) is 28.7 Å². The van der Waals surface area contributed by atoms with Crippen LogP contribution in [-0.4, -0.2) is 6.61 Å². The molecule has 0 saturated carbocycles. The van der Waals surface area contributed by atoms with Gasteiger partial charge in [0.2, 0.25) is 0 Å². The highest BCUT2D eigenvalue weighted by Gasteiger charge is 2.41. The number of aryl methyl sites for hydroxylation is 1. The molecule has 3 atom stereocenters. The summed E-state index contributed by atoms with van der Waals surface area (Å²) < 4.78 is 6.03. The Labute approximate surface area is 117 Å². The Morgan fingerprint density at radius 1 is 1.32 bits per heavy atom. The highest BCUT2D eigenvalue weighted by atomic mass is 32.1. The van der Waals surface area contributed by atoms with Gasteiger partial charge in [0.1, 0.15) is 0 Å². The lowest BCUT2D eigenvalue weighted by Crippen LogP contribution is -2.28. The third-order valence-corrected chi connectivity index (χ3v) is 5.20. The first kappa shape index (κ1) is 11.5. The maximum Gasteiger partial charge on any atom is 0.0897 e. The van der Waals surface area contributed by atoms with Crippen LogP contribution in [0.2, 0.25) is 0 Å². The van der Waals surface area contributed by atoms with Gasteiger partial charge in [-0.25, -0.2) is 0 Å². The lowest BCUT2D eigenvalue weighted by atomic mass is 9.83. The van der Waals surface area contributed by atoms with E-state index in [0.29, 0.717) is 12.0 Å². The molecular weight excluding hydrogens is 254 g/mol. The number of hydrogen-bond donors (Lipinski definition) is 1. The van der Waals surface area contributed by atoms with Crippen LogP contribution in [0.1, 0.15) is 34.6 Å². The molecule has 2 nitrogen and oxygen atoms in total. The second-order valence-corrected chi connectivity index (χ2v) is 6.45. The molecule has 2 aliphatic rings. The van der Waals surface area contributed by atoms with Crippen LogP contribution < -0.4 is 5.32 Å². The maximum atomic E-state index is 6.03. The number of nitrogens with one attached hydrogen (secondary N) is 1. The third kappa shape index (κ3) is 1.80. The minimum absolute atomic E-state index is 0.267. The molecular formula is C16H17NOS. The summed E-state index contributed by atoms with van der Waals surface area (Å²) in [6.45, 7) is 3.03. The van der Waals surface area contributed by atoms with Crippen molar-refractivity contribution in [3.63, 3.8) is 0 Å². The fourth-order valence-corrected chi connectivity index (χ4v) is 4.19. The predicted octanol–water partition coefficient (Wildman–Crippen LogP) is 4.30. The van der Waals surface area contributed by atoms with Crippen molar-refractivity contribution in [1.29, 1.82) is 0 Å². The van der Waals surface area contributed by atoms with E-state index in [1.807, 2.05) is 11.3 Å². The van der Waals surface area contributed by atoms with Crippen LogP contribution >= 0.6 is 11.3 Å². The molecule has 0 aliphatic carbocycles. The maximum absolute atomic E-state index is 6.03. The van der Waals surface area contributed by atoms with Gasteiger partial charge >= 0.3 is 0 Å². The molecule has 2 aliphatic heterocycles. The first-order valence-electron chi connectivity index (χ1n) is 6.85. The number of benzene rings is 1. The summed E-state index contributed by atoms with van der Waals surface area (Å²) in [6, 6.07) is 11.4. The number of ether oxygens (including phenoxy) is 1. The topological polar surface area (TPSA) is 21.3 Å². The molecule has 1 N–H and O–H groups in total. The molecule has 1 aromatic heterocycles. The number of hydrogen-bond acceptors (Lipinski definition) is 3. The molecule has 1 saturated heterocycles. The van der Waals surface area contributed by atoms with E-state index in [1.165, 1.54) is 21.7 Å². The van der Waals surface area contributed by atoms with Crippen LogP contribution in [0.15, 0.2) is 35.7 Å². The standard InChI is InChI=1S/C16H17NOS/c1-10-4-5-13-12(9-10)16-11(6-7-18-16)15(17-13)14-3-2-8-19-14/h2-5,8-9,11,15-17H,6-7H2,1H3. The molecule has 3 heterocycles. The van der Waals surface area contributed by atoms with E-state index in [1.54, 1.807) is 0 Å². The normalized spacial score (nSPS) is 28.6. The van der Waals surface area contributed by atoms with Gasteiger partial charge in [-0.3, -0.25) is 0 Å². The third-order valence-electron chi connectivity index (χ3n) is 4.24. The zero-order chi connectivity index (χ0) is 12.8. The van der Waals surface area contributed by atoms with Crippen molar-refractivity contribution in [2.45, 2.75) is 25.5 Å². The van der Waals surface area contributed by atoms with Gasteiger partial charge < -0.3 is 10.1 Å². The van der Waals surface area contributed by atoms with Crippen molar-refractivity contribution in [1.82, 2.24) is 0 Å². The zero-order valence-electron chi connectivity index (χ0n) is 10.9. The number of rotatable bonds is 1. The highest BCUT2D eigenvalue weighted by Crippen LogP contribution is 2.50. The average molecular weight is 271 g/mol. The van der Waals surface area contributed by atoms with Crippen molar-refractivity contribution in [3.05, 3.63) is 51.7 Å². The van der Waals surface area contributed by atoms with E-state index in [2.05, 4.69) is 48.0 Å². The van der Waals surface area contributed by atoms with Crippen molar-refractivity contribution in [2.75, 3.05) is 11.9 Å². The lowest BCUT2D eigenvalue weighted by molar-refractivity contribution is 0.0832. The van der Waals surface area contributed by atoms with Gasteiger partial charge in [-0.05, 0) is 30.9 Å². The number of anilines is 1. The molecule has 2 aromatic rings. The lowest BCUT2D eigenvalue weighted by Gasteiger charge is -2.36. The van der Waals surface area contributed by atoms with Crippen LogP contribution in [0, 0.1) is 12.8 Å². The fourth-order valence-electron chi connectivity index (χ4n) is 3.34. The Hall–Kier alpha value is -1.32. The Balaban J connectivity index is 1.80. The summed E-state index contributed by atoms with van der Waals surface area (Å²) in [7, 11) is 0. The van der Waals surface area contributed by atoms with Gasteiger partial charge in [0.25, 0.3) is 0 Å². The van der Waals surface area contributed by atoms with Crippen LogP contribution in [0.5, 0.6) is 0 Å². The summed E-state index contributed by atoms with van der Waals surface area (Å²) in [6.07, 6.45) is 1.41. The number of fused-ring (bicyclic) bond motifs is 3. The first-order valence-corrected chi connectivity index (χ1v) is 7.73. The van der Waals surface area contributed by atoms with Gasteiger partial charge in [0.05, 0.1) is 12.1 Å². The zero-order valence-corrected chi connectivity index (χ0v) is 11.7. The minimum Gasteiger partial charge on any atom is -0.377 e. The first-order chi connectivity index (χ1) is 9.33. The van der Waals surface area contributed by atoms with Gasteiger partial charge in [-0.1, -0.05) is 23.8 Å². The summed E-state index contributed by atoms with van der Waals surface area (Å²) >= 11 is 1.84. The van der Waals surface area contributed by atoms with E-state index in [9.17, 15) is 0 Å². The molecule has 3 unspecified atom stereocenters. The molecule has 3 heteroatoms. The molecule has 19 heavy (non-hydrogen) atoms. The predicted molar refractivity (Wildman–Crippen MR) is 78.7 cm³/mol. The van der Waals surface area contributed by atoms with Crippen LogP contribution in [0.4, 0.5) is 5.69 Å². The smallest absolute Gasteiger partial charge is 0.0897 e. The molecule has 0 radical (unpaired) electrons. The Morgan fingerprint density at radius 3 is 3.11 bits per heavy atom. The average Bonchev–Trinajstić information content (AvgIpc) is 3.09. The Bertz CT molecular complexity index is 593. The van der Waals surface area contributed by atoms with E-state index >= 15 is 0 Å². The van der Waals surface area contributed by atoms with Gasteiger partial charge in [0.15, 0.2) is 0 Å². The second kappa shape index (κ2) is 4.36. The monoisotopic (exact) mass is 271 g/mol. The highest BCUT2D eigenvalue weighted by molar-refractivity contribution is 7.10. The fraction of sp³-hybridized carbons (Fsp3) is 0.375.